The zero-order valence-corrected chi connectivity index (χ0v) is 19.3. The Hall–Kier alpha value is -3.06. The summed E-state index contributed by atoms with van der Waals surface area (Å²) in [7, 11) is 1.32. The number of rotatable bonds is 9. The molecule has 1 aliphatic heterocycles. The van der Waals surface area contributed by atoms with E-state index in [1.807, 2.05) is 13.8 Å². The molecule has 0 aliphatic carbocycles. The number of esters is 1. The predicted molar refractivity (Wildman–Crippen MR) is 123 cm³/mol. The van der Waals surface area contributed by atoms with Crippen molar-refractivity contribution >= 4 is 17.6 Å². The molecule has 0 bridgehead atoms. The van der Waals surface area contributed by atoms with Gasteiger partial charge in [0.25, 0.3) is 0 Å². The second kappa shape index (κ2) is 14.1. The summed E-state index contributed by atoms with van der Waals surface area (Å²) in [5.41, 5.74) is 8.28. The first-order chi connectivity index (χ1) is 15.4. The number of hydrogen-bond acceptors (Lipinski definition) is 8. The van der Waals surface area contributed by atoms with Gasteiger partial charge >= 0.3 is 5.97 Å². The van der Waals surface area contributed by atoms with Crippen molar-refractivity contribution in [2.45, 2.75) is 33.2 Å². The van der Waals surface area contributed by atoms with Crippen LogP contribution in [0.25, 0.3) is 0 Å². The highest BCUT2D eigenvalue weighted by Gasteiger charge is 2.30. The molecule has 1 amide bonds. The third-order valence-electron chi connectivity index (χ3n) is 4.61. The molecule has 1 aromatic carbocycles. The topological polar surface area (TPSA) is 120 Å². The Morgan fingerprint density at radius 2 is 2.00 bits per heavy atom. The molecule has 0 unspecified atom stereocenters. The second-order valence-corrected chi connectivity index (χ2v) is 6.70. The van der Waals surface area contributed by atoms with E-state index in [2.05, 4.69) is 5.92 Å². The van der Waals surface area contributed by atoms with E-state index in [0.717, 1.165) is 5.56 Å². The molecule has 32 heavy (non-hydrogen) atoms. The van der Waals surface area contributed by atoms with Gasteiger partial charge in [0.05, 0.1) is 44.2 Å². The number of benzene rings is 1. The number of anilines is 1. The van der Waals surface area contributed by atoms with E-state index < -0.39 is 5.97 Å². The molecule has 1 heterocycles. The number of nitrogens with two attached hydrogens (primary N) is 2. The third-order valence-corrected chi connectivity index (χ3v) is 4.61. The lowest BCUT2D eigenvalue weighted by Crippen LogP contribution is -2.41. The summed E-state index contributed by atoms with van der Waals surface area (Å²) >= 11 is 0. The van der Waals surface area contributed by atoms with Crippen LogP contribution in [0.3, 0.4) is 0 Å². The van der Waals surface area contributed by atoms with Crippen molar-refractivity contribution in [3.05, 3.63) is 41.2 Å². The molecule has 2 rings (SSSR count). The lowest BCUT2D eigenvalue weighted by molar-refractivity contribution is -0.116. The lowest BCUT2D eigenvalue weighted by Gasteiger charge is -2.37. The van der Waals surface area contributed by atoms with Gasteiger partial charge in [0.1, 0.15) is 6.61 Å². The van der Waals surface area contributed by atoms with E-state index in [1.165, 1.54) is 19.0 Å². The molecule has 1 aromatic rings. The number of hydrazine groups is 1. The van der Waals surface area contributed by atoms with Crippen molar-refractivity contribution in [1.29, 1.82) is 0 Å². The molecular weight excluding hydrogens is 412 g/mol. The summed E-state index contributed by atoms with van der Waals surface area (Å²) in [5, 5.41) is 1.48. The highest BCUT2D eigenvalue weighted by Crippen LogP contribution is 2.37. The Kier molecular flexibility index (Phi) is 11.9. The van der Waals surface area contributed by atoms with Gasteiger partial charge in [-0.05, 0) is 24.6 Å². The minimum atomic E-state index is -0.462. The van der Waals surface area contributed by atoms with Gasteiger partial charge in [0.15, 0.2) is 0 Å². The minimum absolute atomic E-state index is 0.0837. The minimum Gasteiger partial charge on any atom is -0.465 e. The van der Waals surface area contributed by atoms with E-state index in [9.17, 15) is 9.59 Å². The van der Waals surface area contributed by atoms with Gasteiger partial charge in [0.2, 0.25) is 5.91 Å². The smallest absolute Gasteiger partial charge is 0.337 e. The van der Waals surface area contributed by atoms with Crippen molar-refractivity contribution in [3.63, 3.8) is 0 Å². The normalized spacial score (nSPS) is 15.1. The molecule has 9 heteroatoms. The first-order valence-corrected chi connectivity index (χ1v) is 10.5. The molecular formula is C23H34N4O5. The van der Waals surface area contributed by atoms with Gasteiger partial charge in [-0.1, -0.05) is 19.8 Å². The first kappa shape index (κ1) is 27.0. The fraction of sp³-hybridized carbons (Fsp3) is 0.478. The summed E-state index contributed by atoms with van der Waals surface area (Å²) < 4.78 is 15.4. The molecule has 0 radical (unpaired) electrons. The molecule has 0 fully saturated rings. The van der Waals surface area contributed by atoms with Crippen LogP contribution in [-0.4, -0.2) is 57.0 Å². The van der Waals surface area contributed by atoms with Gasteiger partial charge in [-0.25, -0.2) is 10.6 Å². The number of ether oxygens (including phenoxy) is 3. The van der Waals surface area contributed by atoms with Crippen LogP contribution in [-0.2, 0) is 19.0 Å². The Balaban J connectivity index is 0.00000249. The summed E-state index contributed by atoms with van der Waals surface area (Å²) in [6, 6.07) is 4.78. The number of methoxy groups -OCH3 is 1. The zero-order valence-electron chi connectivity index (χ0n) is 19.3. The van der Waals surface area contributed by atoms with E-state index in [4.69, 9.17) is 32.2 Å². The largest absolute Gasteiger partial charge is 0.465 e. The molecule has 4 N–H and O–H groups in total. The molecule has 0 saturated heterocycles. The summed E-state index contributed by atoms with van der Waals surface area (Å²) in [6.45, 7) is 7.13. The van der Waals surface area contributed by atoms with Crippen LogP contribution in [0.4, 0.5) is 5.69 Å². The molecule has 1 aliphatic rings. The van der Waals surface area contributed by atoms with Gasteiger partial charge in [-0.2, -0.15) is 0 Å². The summed E-state index contributed by atoms with van der Waals surface area (Å²) in [4.78, 5) is 25.6. The summed E-state index contributed by atoms with van der Waals surface area (Å²) in [5.74, 6) is 8.10. The number of carbonyl (C=O) groups excluding carboxylic acids is 2. The molecule has 0 spiro atoms. The zero-order chi connectivity index (χ0) is 24.1. The van der Waals surface area contributed by atoms with Crippen LogP contribution >= 0.6 is 0 Å². The summed E-state index contributed by atoms with van der Waals surface area (Å²) in [6.07, 6.45) is 7.25. The number of fused-ring (bicyclic) bond motifs is 1. The van der Waals surface area contributed by atoms with Crippen LogP contribution in [0.15, 0.2) is 30.1 Å². The average Bonchev–Trinajstić information content (AvgIpc) is 2.80. The third kappa shape index (κ3) is 7.57. The standard InChI is InChI=1S/C21H28N4O5.C2H6/c1-4-9-29-10-11-30-14-17(22)13-25(23)20-7-8-24(15(2)26)19-6-5-16(12-18(19)20)21(27)28-3;1-2/h1,5-6,12-13,20H,7-11,14,22-23H2,2-3H3;1-2H3/b17-13-;/t20-;/m0./s1. The van der Waals surface area contributed by atoms with Gasteiger partial charge in [0, 0.05) is 30.9 Å². The average molecular weight is 447 g/mol. The SMILES string of the molecule is C#CCOCCOC/C(N)=C/N(N)[C@H]1CCN(C(C)=O)c2ccc(C(=O)OC)cc21.CC. The molecule has 9 nitrogen and oxygen atoms in total. The number of terminal acetylenes is 1. The lowest BCUT2D eigenvalue weighted by atomic mass is 9.94. The van der Waals surface area contributed by atoms with Gasteiger partial charge in [-0.3, -0.25) is 4.79 Å². The Labute approximate surface area is 190 Å². The van der Waals surface area contributed by atoms with Crippen molar-refractivity contribution < 1.29 is 23.8 Å². The number of carbonyl (C=O) groups is 2. The second-order valence-electron chi connectivity index (χ2n) is 6.70. The van der Waals surface area contributed by atoms with Crippen molar-refractivity contribution in [2.75, 3.05) is 45.0 Å². The van der Waals surface area contributed by atoms with E-state index in [1.54, 1.807) is 29.3 Å². The number of hydrogen-bond donors (Lipinski definition) is 2. The van der Waals surface area contributed by atoms with Crippen LogP contribution < -0.4 is 16.5 Å². The quantitative estimate of drug-likeness (QED) is 0.194. The Morgan fingerprint density at radius 1 is 1.31 bits per heavy atom. The maximum absolute atomic E-state index is 12.0. The highest BCUT2D eigenvalue weighted by molar-refractivity contribution is 5.95. The van der Waals surface area contributed by atoms with Crippen LogP contribution in [0.2, 0.25) is 0 Å². The van der Waals surface area contributed by atoms with Gasteiger partial charge < -0.3 is 29.9 Å². The van der Waals surface area contributed by atoms with E-state index >= 15 is 0 Å². The number of nitrogens with zero attached hydrogens (tertiary/aromatic N) is 2. The van der Waals surface area contributed by atoms with Crippen molar-refractivity contribution in [1.82, 2.24) is 5.01 Å². The van der Waals surface area contributed by atoms with Crippen LogP contribution in [0, 0.1) is 12.3 Å². The molecule has 176 valence electrons. The fourth-order valence-corrected chi connectivity index (χ4v) is 3.23. The van der Waals surface area contributed by atoms with E-state index in [0.29, 0.717) is 43.1 Å². The maximum Gasteiger partial charge on any atom is 0.337 e. The molecule has 0 saturated carbocycles. The number of amides is 1. The Morgan fingerprint density at radius 3 is 2.62 bits per heavy atom. The molecule has 1 atom stereocenters. The van der Waals surface area contributed by atoms with Crippen LogP contribution in [0.1, 0.15) is 49.2 Å². The molecule has 0 aromatic heterocycles. The van der Waals surface area contributed by atoms with Crippen molar-refractivity contribution in [3.8, 4) is 12.3 Å². The highest BCUT2D eigenvalue weighted by atomic mass is 16.5. The van der Waals surface area contributed by atoms with E-state index in [-0.39, 0.29) is 25.2 Å². The van der Waals surface area contributed by atoms with Gasteiger partial charge in [-0.15, -0.1) is 6.42 Å². The Bertz CT molecular complexity index is 834. The fourth-order valence-electron chi connectivity index (χ4n) is 3.23. The monoisotopic (exact) mass is 446 g/mol. The predicted octanol–water partition coefficient (Wildman–Crippen LogP) is 1.94. The van der Waals surface area contributed by atoms with Crippen molar-refractivity contribution in [2.24, 2.45) is 11.6 Å². The van der Waals surface area contributed by atoms with Crippen LogP contribution in [0.5, 0.6) is 0 Å². The maximum atomic E-state index is 12.0. The first-order valence-electron chi connectivity index (χ1n) is 10.5.